The maximum Gasteiger partial charge on any atom is 0.410 e. The topological polar surface area (TPSA) is 130 Å². The number of aryl methyl sites for hydroxylation is 1. The molecule has 418 valence electrons. The summed E-state index contributed by atoms with van der Waals surface area (Å²) < 4.78 is 5.75. The molecule has 0 bridgehead atoms. The molecule has 11 heteroatoms. The van der Waals surface area contributed by atoms with Gasteiger partial charge in [0, 0.05) is 43.3 Å². The number of hydrogen-bond acceptors (Lipinski definition) is 7. The van der Waals surface area contributed by atoms with Crippen LogP contribution in [0.3, 0.4) is 0 Å². The average molecular weight is 1060 g/mol. The lowest BCUT2D eigenvalue weighted by Gasteiger charge is -2.35. The molecule has 2 atom stereocenters. The minimum Gasteiger partial charge on any atom is -0.444 e. The molecule has 1 aromatic heterocycles. The van der Waals surface area contributed by atoms with Crippen LogP contribution in [0.5, 0.6) is 0 Å². The number of thiazole rings is 1. The van der Waals surface area contributed by atoms with Crippen LogP contribution >= 0.6 is 11.3 Å². The number of nitrogens with zero attached hydrogens (tertiary/aromatic N) is 2. The number of carbonyl (C=O) groups excluding carboxylic acids is 4. The minimum atomic E-state index is -0.762. The number of amides is 4. The van der Waals surface area contributed by atoms with E-state index in [0.29, 0.717) is 69.6 Å². The lowest BCUT2D eigenvalue weighted by molar-refractivity contribution is -0.126. The Kier molecular flexibility index (Phi) is 38.7. The van der Waals surface area contributed by atoms with Crippen LogP contribution in [0.2, 0.25) is 0 Å². The molecule has 0 fully saturated rings. The SMILES string of the molecule is CCC=CCC=CCC=CCC=CCC=CCC=CCCC(=O)NCCCC[C@H](NC(=O)CCC=CCC=CCC=CCC=CCC=CCC=CCC)C(=O)Nc1nc2c(s1)C[C@H](N(CCC)C(=O)OC(C)(C)C)CC2. The largest absolute Gasteiger partial charge is 0.444 e. The monoisotopic (exact) mass is 1060 g/mol. The van der Waals surface area contributed by atoms with Gasteiger partial charge in [-0.05, 0) is 149 Å². The molecule has 2 rings (SSSR count). The molecule has 0 aliphatic heterocycles. The van der Waals surface area contributed by atoms with E-state index in [1.165, 1.54) is 11.3 Å². The van der Waals surface area contributed by atoms with Gasteiger partial charge in [0.15, 0.2) is 5.13 Å². The molecule has 1 aromatic rings. The van der Waals surface area contributed by atoms with Gasteiger partial charge in [0.25, 0.3) is 0 Å². The van der Waals surface area contributed by atoms with Crippen LogP contribution in [0, 0.1) is 0 Å². The Labute approximate surface area is 464 Å². The highest BCUT2D eigenvalue weighted by atomic mass is 32.1. The smallest absolute Gasteiger partial charge is 0.410 e. The molecular weight excluding hydrogens is 963 g/mol. The first-order chi connectivity index (χ1) is 37.0. The number of fused-ring (bicyclic) bond motifs is 1. The lowest BCUT2D eigenvalue weighted by Crippen LogP contribution is -2.46. The minimum absolute atomic E-state index is 0.00425. The van der Waals surface area contributed by atoms with Crippen molar-refractivity contribution >= 4 is 40.3 Å². The number of ether oxygens (including phenoxy) is 1. The number of unbranched alkanes of at least 4 members (excludes halogenated alkanes) is 1. The van der Waals surface area contributed by atoms with Crippen LogP contribution in [0.4, 0.5) is 9.93 Å². The van der Waals surface area contributed by atoms with Gasteiger partial charge in [-0.2, -0.15) is 0 Å². The third kappa shape index (κ3) is 35.4. The summed E-state index contributed by atoms with van der Waals surface area (Å²) in [7, 11) is 0. The summed E-state index contributed by atoms with van der Waals surface area (Å²) in [6.07, 6.45) is 69.5. The molecule has 4 amide bonds. The van der Waals surface area contributed by atoms with Crippen LogP contribution in [0.15, 0.2) is 146 Å². The second-order valence-corrected chi connectivity index (χ2v) is 20.9. The highest BCUT2D eigenvalue weighted by Crippen LogP contribution is 2.32. The summed E-state index contributed by atoms with van der Waals surface area (Å²) in [5.41, 5.74) is 0.348. The molecule has 0 aromatic carbocycles. The first-order valence-electron chi connectivity index (χ1n) is 28.6. The van der Waals surface area contributed by atoms with E-state index in [2.05, 4.69) is 176 Å². The van der Waals surface area contributed by atoms with Gasteiger partial charge in [0.05, 0.1) is 5.69 Å². The average Bonchev–Trinajstić information content (AvgIpc) is 3.79. The maximum absolute atomic E-state index is 13.9. The van der Waals surface area contributed by atoms with Crippen molar-refractivity contribution in [2.75, 3.05) is 18.4 Å². The Hall–Kier alpha value is -5.81. The Bertz CT molecular complexity index is 2140. The van der Waals surface area contributed by atoms with Crippen molar-refractivity contribution in [3.63, 3.8) is 0 Å². The fourth-order valence-electron chi connectivity index (χ4n) is 7.89. The standard InChI is InChI=1S/C65H97N5O5S/c1-7-10-12-14-16-18-20-22-24-26-28-30-32-34-36-38-40-42-44-49-60(71)66-53-47-46-48-58(67-61(72)50-45-43-41-39-37-35-33-31-29-27-25-23-21-19-17-15-13-11-8-2)62(73)69-63-68-57-52-51-56(55-59(57)76-63)70(54-9-3)64(74)75-65(4,5)6/h10-13,16-19,22-25,28-31,34-37,40-43,56,58H,7-9,14-15,20-21,26-27,32-33,38-39,44-55H2,1-6H3,(H,66,71)(H,67,72)(H,68,69,73)/t56-,58+/m1/s1. The van der Waals surface area contributed by atoms with Crippen molar-refractivity contribution < 1.29 is 23.9 Å². The summed E-state index contributed by atoms with van der Waals surface area (Å²) in [6, 6.07) is -0.779. The number of nitrogens with one attached hydrogen (secondary N) is 3. The van der Waals surface area contributed by atoms with Crippen molar-refractivity contribution in [2.45, 2.75) is 207 Å². The molecule has 1 aliphatic rings. The van der Waals surface area contributed by atoms with Crippen LogP contribution in [-0.2, 0) is 32.0 Å². The van der Waals surface area contributed by atoms with Crippen LogP contribution in [0.1, 0.15) is 187 Å². The molecule has 10 nitrogen and oxygen atoms in total. The Morgan fingerprint density at radius 2 is 1.05 bits per heavy atom. The lowest BCUT2D eigenvalue weighted by atomic mass is 9.96. The van der Waals surface area contributed by atoms with E-state index in [1.54, 1.807) is 0 Å². The predicted molar refractivity (Wildman–Crippen MR) is 323 cm³/mol. The van der Waals surface area contributed by atoms with Gasteiger partial charge in [-0.1, -0.05) is 167 Å². The van der Waals surface area contributed by atoms with Gasteiger partial charge < -0.3 is 25.6 Å². The number of allylic oxidation sites excluding steroid dienone is 24. The summed E-state index contributed by atoms with van der Waals surface area (Å²) in [4.78, 5) is 60.5. The molecule has 0 spiro atoms. The normalized spacial score (nSPS) is 15.1. The Morgan fingerprint density at radius 1 is 0.618 bits per heavy atom. The summed E-state index contributed by atoms with van der Waals surface area (Å²) >= 11 is 1.43. The first kappa shape index (κ1) is 66.3. The van der Waals surface area contributed by atoms with Crippen molar-refractivity contribution in [1.82, 2.24) is 20.5 Å². The molecule has 0 saturated heterocycles. The van der Waals surface area contributed by atoms with Crippen molar-refractivity contribution in [3.05, 3.63) is 156 Å². The van der Waals surface area contributed by atoms with Gasteiger partial charge in [-0.3, -0.25) is 14.4 Å². The molecule has 76 heavy (non-hydrogen) atoms. The van der Waals surface area contributed by atoms with Gasteiger partial charge >= 0.3 is 6.09 Å². The predicted octanol–water partition coefficient (Wildman–Crippen LogP) is 16.3. The molecule has 0 radical (unpaired) electrons. The molecule has 0 saturated carbocycles. The number of rotatable bonds is 39. The van der Waals surface area contributed by atoms with Crippen LogP contribution < -0.4 is 16.0 Å². The van der Waals surface area contributed by atoms with Gasteiger partial charge in [-0.25, -0.2) is 9.78 Å². The van der Waals surface area contributed by atoms with Gasteiger partial charge in [0.1, 0.15) is 11.6 Å². The molecule has 3 N–H and O–H groups in total. The molecule has 0 unspecified atom stereocenters. The summed E-state index contributed by atoms with van der Waals surface area (Å²) in [5.74, 6) is -0.510. The van der Waals surface area contributed by atoms with E-state index in [-0.39, 0.29) is 36.3 Å². The van der Waals surface area contributed by atoms with Gasteiger partial charge in [0.2, 0.25) is 17.7 Å². The quantitative estimate of drug-likeness (QED) is 0.0445. The molecule has 1 heterocycles. The second kappa shape index (κ2) is 44.3. The number of carbonyl (C=O) groups is 4. The Morgan fingerprint density at radius 3 is 1.49 bits per heavy atom. The van der Waals surface area contributed by atoms with Crippen molar-refractivity contribution in [3.8, 4) is 0 Å². The summed E-state index contributed by atoms with van der Waals surface area (Å²) in [6.45, 7) is 13.1. The number of anilines is 1. The highest BCUT2D eigenvalue weighted by Gasteiger charge is 2.32. The Balaban J connectivity index is 1.84. The van der Waals surface area contributed by atoms with Crippen molar-refractivity contribution in [2.24, 2.45) is 0 Å². The number of hydrogen-bond donors (Lipinski definition) is 3. The maximum atomic E-state index is 13.9. The van der Waals surface area contributed by atoms with E-state index in [1.807, 2.05) is 31.7 Å². The zero-order chi connectivity index (χ0) is 55.2. The molecule has 1 aliphatic carbocycles. The van der Waals surface area contributed by atoms with E-state index in [9.17, 15) is 19.2 Å². The third-order valence-electron chi connectivity index (χ3n) is 11.8. The first-order valence-corrected chi connectivity index (χ1v) is 29.4. The van der Waals surface area contributed by atoms with Crippen LogP contribution in [0.25, 0.3) is 0 Å². The van der Waals surface area contributed by atoms with E-state index >= 15 is 0 Å². The van der Waals surface area contributed by atoms with E-state index in [0.717, 1.165) is 100 Å². The second-order valence-electron chi connectivity index (χ2n) is 19.8. The fraction of sp³-hybridized carbons (Fsp3) is 0.523. The summed E-state index contributed by atoms with van der Waals surface area (Å²) in [5, 5.41) is 9.51. The van der Waals surface area contributed by atoms with Gasteiger partial charge in [-0.15, -0.1) is 11.3 Å². The van der Waals surface area contributed by atoms with Crippen LogP contribution in [-0.4, -0.2) is 64.5 Å². The third-order valence-corrected chi connectivity index (χ3v) is 12.9. The highest BCUT2D eigenvalue weighted by molar-refractivity contribution is 7.15. The van der Waals surface area contributed by atoms with E-state index < -0.39 is 11.6 Å². The number of aromatic nitrogens is 1. The zero-order valence-corrected chi connectivity index (χ0v) is 48.3. The van der Waals surface area contributed by atoms with E-state index in [4.69, 9.17) is 9.72 Å². The van der Waals surface area contributed by atoms with Crippen molar-refractivity contribution in [1.29, 1.82) is 0 Å². The zero-order valence-electron chi connectivity index (χ0n) is 47.5. The fourth-order valence-corrected chi connectivity index (χ4v) is 8.97. The molecular formula is C65H97N5O5S.